The van der Waals surface area contributed by atoms with E-state index in [2.05, 4.69) is 0 Å². The molecule has 1 aromatic carbocycles. The summed E-state index contributed by atoms with van der Waals surface area (Å²) in [6.45, 7) is 2.43. The van der Waals surface area contributed by atoms with Crippen LogP contribution in [0, 0.1) is 6.92 Å². The van der Waals surface area contributed by atoms with Crippen molar-refractivity contribution in [2.24, 2.45) is 5.73 Å². The maximum Gasteiger partial charge on any atom is 0.250 e. The quantitative estimate of drug-likeness (QED) is 0.871. The highest BCUT2D eigenvalue weighted by Gasteiger charge is 2.08. The van der Waals surface area contributed by atoms with Crippen LogP contribution in [-0.2, 0) is 6.54 Å². The largest absolute Gasteiger partial charge is 0.322 e. The Morgan fingerprint density at radius 3 is 2.47 bits per heavy atom. The summed E-state index contributed by atoms with van der Waals surface area (Å²) in [5, 5.41) is 0. The van der Waals surface area contributed by atoms with E-state index in [0.717, 1.165) is 11.3 Å². The molecule has 0 saturated heterocycles. The Morgan fingerprint density at radius 2 is 1.82 bits per heavy atom. The topological polar surface area (TPSA) is 48.0 Å². The van der Waals surface area contributed by atoms with Gasteiger partial charge in [-0.15, -0.1) is 0 Å². The van der Waals surface area contributed by atoms with Gasteiger partial charge in [-0.05, 0) is 18.6 Å². The molecule has 1 unspecified atom stereocenters. The molecule has 0 radical (unpaired) electrons. The normalized spacial score (nSPS) is 12.4. The van der Waals surface area contributed by atoms with Gasteiger partial charge in [-0.1, -0.05) is 36.4 Å². The van der Waals surface area contributed by atoms with E-state index in [9.17, 15) is 4.79 Å². The van der Waals surface area contributed by atoms with Crippen molar-refractivity contribution in [1.29, 1.82) is 0 Å². The zero-order chi connectivity index (χ0) is 12.3. The van der Waals surface area contributed by atoms with E-state index >= 15 is 0 Å². The maximum atomic E-state index is 11.7. The van der Waals surface area contributed by atoms with Crippen molar-refractivity contribution in [2.45, 2.75) is 19.5 Å². The predicted octanol–water partition coefficient (Wildman–Crippen LogP) is 1.86. The van der Waals surface area contributed by atoms with Crippen LogP contribution >= 0.6 is 0 Å². The summed E-state index contributed by atoms with van der Waals surface area (Å²) in [4.78, 5) is 11.7. The Labute approximate surface area is 101 Å². The molecule has 0 aliphatic rings. The molecule has 0 spiro atoms. The second-order valence-electron chi connectivity index (χ2n) is 4.13. The monoisotopic (exact) mass is 228 g/mol. The third-order valence-electron chi connectivity index (χ3n) is 2.88. The van der Waals surface area contributed by atoms with Gasteiger partial charge in [0.2, 0.25) is 0 Å². The third kappa shape index (κ3) is 2.63. The summed E-state index contributed by atoms with van der Waals surface area (Å²) < 4.78 is 1.71. The first kappa shape index (κ1) is 11.6. The van der Waals surface area contributed by atoms with E-state index in [-0.39, 0.29) is 11.6 Å². The van der Waals surface area contributed by atoms with Crippen LogP contribution in [0.3, 0.4) is 0 Å². The molecule has 88 valence electrons. The number of hydrogen-bond donors (Lipinski definition) is 1. The SMILES string of the molecule is Cc1cccc(=O)n1CC(N)c1ccccc1. The van der Waals surface area contributed by atoms with Gasteiger partial charge in [-0.25, -0.2) is 0 Å². The molecule has 1 atom stereocenters. The lowest BCUT2D eigenvalue weighted by Crippen LogP contribution is -2.27. The third-order valence-corrected chi connectivity index (χ3v) is 2.88. The summed E-state index contributed by atoms with van der Waals surface area (Å²) in [6.07, 6.45) is 0. The maximum absolute atomic E-state index is 11.7. The molecule has 0 amide bonds. The Balaban J connectivity index is 2.25. The minimum atomic E-state index is -0.157. The van der Waals surface area contributed by atoms with Crippen molar-refractivity contribution in [2.75, 3.05) is 0 Å². The van der Waals surface area contributed by atoms with Crippen LogP contribution in [0.2, 0.25) is 0 Å². The highest BCUT2D eigenvalue weighted by molar-refractivity contribution is 5.18. The molecule has 0 aliphatic carbocycles. The molecule has 2 rings (SSSR count). The first-order chi connectivity index (χ1) is 8.18. The summed E-state index contributed by atoms with van der Waals surface area (Å²) in [7, 11) is 0. The highest BCUT2D eigenvalue weighted by Crippen LogP contribution is 2.11. The van der Waals surface area contributed by atoms with Crippen LogP contribution in [0.1, 0.15) is 17.3 Å². The number of pyridine rings is 1. The van der Waals surface area contributed by atoms with Gasteiger partial charge < -0.3 is 10.3 Å². The van der Waals surface area contributed by atoms with Crippen molar-refractivity contribution in [3.63, 3.8) is 0 Å². The molecular formula is C14H16N2O. The standard InChI is InChI=1S/C14H16N2O/c1-11-6-5-9-14(17)16(11)10-13(15)12-7-3-2-4-8-12/h2-9,13H,10,15H2,1H3. The molecule has 1 aromatic heterocycles. The van der Waals surface area contributed by atoms with E-state index in [1.165, 1.54) is 0 Å². The van der Waals surface area contributed by atoms with E-state index < -0.39 is 0 Å². The average molecular weight is 228 g/mol. The van der Waals surface area contributed by atoms with Crippen LogP contribution in [-0.4, -0.2) is 4.57 Å². The van der Waals surface area contributed by atoms with Gasteiger partial charge in [0.15, 0.2) is 0 Å². The fourth-order valence-electron chi connectivity index (χ4n) is 1.86. The lowest BCUT2D eigenvalue weighted by atomic mass is 10.1. The second-order valence-corrected chi connectivity index (χ2v) is 4.13. The lowest BCUT2D eigenvalue weighted by molar-refractivity contribution is 0.550. The van der Waals surface area contributed by atoms with Crippen LogP contribution < -0.4 is 11.3 Å². The molecule has 0 saturated carbocycles. The predicted molar refractivity (Wildman–Crippen MR) is 68.8 cm³/mol. The van der Waals surface area contributed by atoms with Gasteiger partial charge in [0.05, 0.1) is 0 Å². The van der Waals surface area contributed by atoms with Crippen molar-refractivity contribution >= 4 is 0 Å². The van der Waals surface area contributed by atoms with Crippen molar-refractivity contribution < 1.29 is 0 Å². The zero-order valence-corrected chi connectivity index (χ0v) is 9.84. The highest BCUT2D eigenvalue weighted by atomic mass is 16.1. The molecule has 2 N–H and O–H groups in total. The fourth-order valence-corrected chi connectivity index (χ4v) is 1.86. The Hall–Kier alpha value is -1.87. The van der Waals surface area contributed by atoms with Gasteiger partial charge >= 0.3 is 0 Å². The Bertz CT molecular complexity index is 546. The number of nitrogens with two attached hydrogens (primary N) is 1. The number of aromatic nitrogens is 1. The fraction of sp³-hybridized carbons (Fsp3) is 0.214. The zero-order valence-electron chi connectivity index (χ0n) is 9.84. The average Bonchev–Trinajstić information content (AvgIpc) is 2.35. The Kier molecular flexibility index (Phi) is 3.40. The van der Waals surface area contributed by atoms with Crippen molar-refractivity contribution in [1.82, 2.24) is 4.57 Å². The van der Waals surface area contributed by atoms with Gasteiger partial charge in [-0.2, -0.15) is 0 Å². The van der Waals surface area contributed by atoms with Crippen molar-refractivity contribution in [3.05, 3.63) is 70.1 Å². The van der Waals surface area contributed by atoms with Crippen molar-refractivity contribution in [3.8, 4) is 0 Å². The first-order valence-corrected chi connectivity index (χ1v) is 5.65. The van der Waals surface area contributed by atoms with Gasteiger partial charge in [-0.3, -0.25) is 4.79 Å². The molecular weight excluding hydrogens is 212 g/mol. The van der Waals surface area contributed by atoms with Crippen LogP contribution in [0.5, 0.6) is 0 Å². The molecule has 0 bridgehead atoms. The lowest BCUT2D eigenvalue weighted by Gasteiger charge is -2.15. The number of rotatable bonds is 3. The molecule has 17 heavy (non-hydrogen) atoms. The smallest absolute Gasteiger partial charge is 0.250 e. The number of aryl methyl sites for hydroxylation is 1. The first-order valence-electron chi connectivity index (χ1n) is 5.65. The minimum Gasteiger partial charge on any atom is -0.322 e. The van der Waals surface area contributed by atoms with Crippen LogP contribution in [0.4, 0.5) is 0 Å². The number of hydrogen-bond acceptors (Lipinski definition) is 2. The number of benzene rings is 1. The van der Waals surface area contributed by atoms with E-state index in [4.69, 9.17) is 5.73 Å². The molecule has 0 aliphatic heterocycles. The van der Waals surface area contributed by atoms with E-state index in [1.54, 1.807) is 16.7 Å². The molecule has 2 aromatic rings. The summed E-state index contributed by atoms with van der Waals surface area (Å²) in [6, 6.07) is 14.9. The summed E-state index contributed by atoms with van der Waals surface area (Å²) >= 11 is 0. The van der Waals surface area contributed by atoms with Gasteiger partial charge in [0.1, 0.15) is 0 Å². The van der Waals surface area contributed by atoms with Gasteiger partial charge in [0, 0.05) is 24.3 Å². The Morgan fingerprint density at radius 1 is 1.12 bits per heavy atom. The second kappa shape index (κ2) is 4.97. The minimum absolute atomic E-state index is 0.00335. The number of nitrogens with zero attached hydrogens (tertiary/aromatic N) is 1. The molecule has 1 heterocycles. The van der Waals surface area contributed by atoms with Crippen LogP contribution in [0.25, 0.3) is 0 Å². The summed E-state index contributed by atoms with van der Waals surface area (Å²) in [5.74, 6) is 0. The molecule has 0 fully saturated rings. The van der Waals surface area contributed by atoms with Crippen LogP contribution in [0.15, 0.2) is 53.3 Å². The van der Waals surface area contributed by atoms with Gasteiger partial charge in [0.25, 0.3) is 5.56 Å². The molecule has 3 nitrogen and oxygen atoms in total. The molecule has 3 heteroatoms. The van der Waals surface area contributed by atoms with E-state index in [1.807, 2.05) is 43.3 Å². The summed E-state index contributed by atoms with van der Waals surface area (Å²) in [5.41, 5.74) is 8.08. The van der Waals surface area contributed by atoms with E-state index in [0.29, 0.717) is 6.54 Å².